The number of amides is 1. The molecule has 1 aliphatic heterocycles. The zero-order valence-corrected chi connectivity index (χ0v) is 14.4. The van der Waals surface area contributed by atoms with Gasteiger partial charge in [0.15, 0.2) is 5.11 Å². The molecule has 22 heavy (non-hydrogen) atoms. The Morgan fingerprint density at radius 1 is 1.09 bits per heavy atom. The minimum Gasteiger partial charge on any atom is -0.327 e. The van der Waals surface area contributed by atoms with Crippen LogP contribution >= 0.6 is 39.7 Å². The van der Waals surface area contributed by atoms with E-state index in [0.717, 1.165) is 15.7 Å². The second kappa shape index (κ2) is 6.20. The maximum Gasteiger partial charge on any atom is 0.281 e. The molecule has 1 N–H and O–H groups in total. The number of benzene rings is 2. The van der Waals surface area contributed by atoms with Gasteiger partial charge in [-0.3, -0.25) is 9.69 Å². The average Bonchev–Trinajstić information content (AvgIpc) is 2.77. The summed E-state index contributed by atoms with van der Waals surface area (Å²) in [5, 5.41) is 3.97. The van der Waals surface area contributed by atoms with Gasteiger partial charge in [0.25, 0.3) is 5.91 Å². The van der Waals surface area contributed by atoms with Crippen LogP contribution < -0.4 is 10.2 Å². The molecular weight excluding hydrogens is 384 g/mol. The summed E-state index contributed by atoms with van der Waals surface area (Å²) in [5.41, 5.74) is 2.04. The first-order valence-corrected chi connectivity index (χ1v) is 8.01. The molecule has 1 saturated heterocycles. The topological polar surface area (TPSA) is 32.3 Å². The van der Waals surface area contributed by atoms with E-state index >= 15 is 0 Å². The lowest BCUT2D eigenvalue weighted by Gasteiger charge is -2.13. The van der Waals surface area contributed by atoms with Crippen LogP contribution in [0.2, 0.25) is 5.02 Å². The van der Waals surface area contributed by atoms with Crippen molar-refractivity contribution in [1.29, 1.82) is 0 Å². The molecule has 110 valence electrons. The van der Waals surface area contributed by atoms with Crippen molar-refractivity contribution < 1.29 is 4.79 Å². The molecule has 2 aromatic carbocycles. The molecule has 6 heteroatoms. The van der Waals surface area contributed by atoms with Gasteiger partial charge in [0.05, 0.1) is 5.69 Å². The molecule has 0 radical (unpaired) electrons. The summed E-state index contributed by atoms with van der Waals surface area (Å²) in [4.78, 5) is 14.0. The number of halogens is 2. The number of nitrogens with one attached hydrogen (secondary N) is 1. The minimum absolute atomic E-state index is 0.178. The van der Waals surface area contributed by atoms with Gasteiger partial charge in [-0.25, -0.2) is 0 Å². The van der Waals surface area contributed by atoms with Gasteiger partial charge >= 0.3 is 0 Å². The van der Waals surface area contributed by atoms with Crippen LogP contribution in [0, 0.1) is 0 Å². The first-order valence-electron chi connectivity index (χ1n) is 6.43. The van der Waals surface area contributed by atoms with Gasteiger partial charge in [-0.2, -0.15) is 0 Å². The largest absolute Gasteiger partial charge is 0.327 e. The minimum atomic E-state index is -0.178. The van der Waals surface area contributed by atoms with Crippen LogP contribution in [0.5, 0.6) is 0 Å². The van der Waals surface area contributed by atoms with Crippen LogP contribution in [-0.4, -0.2) is 11.0 Å². The molecule has 0 atom stereocenters. The van der Waals surface area contributed by atoms with Crippen molar-refractivity contribution >= 4 is 62.5 Å². The molecule has 1 heterocycles. The van der Waals surface area contributed by atoms with Gasteiger partial charge in [0.2, 0.25) is 0 Å². The second-order valence-electron chi connectivity index (χ2n) is 4.66. The standard InChI is InChI=1S/C16H10BrClN2OS/c17-11-3-7-13(8-4-11)20-15(21)14(19-16(20)22)9-10-1-5-12(18)6-2-10/h1-9H,(H,19,22)/b14-9-. The van der Waals surface area contributed by atoms with Crippen LogP contribution in [0.15, 0.2) is 58.7 Å². The van der Waals surface area contributed by atoms with E-state index in [9.17, 15) is 4.79 Å². The summed E-state index contributed by atoms with van der Waals surface area (Å²) in [6.07, 6.45) is 1.75. The molecular formula is C16H10BrClN2OS. The summed E-state index contributed by atoms with van der Waals surface area (Å²) in [5.74, 6) is -0.178. The molecule has 2 aromatic rings. The van der Waals surface area contributed by atoms with Crippen LogP contribution in [0.1, 0.15) is 5.56 Å². The fraction of sp³-hybridized carbons (Fsp3) is 0. The van der Waals surface area contributed by atoms with Crippen LogP contribution in [-0.2, 0) is 4.79 Å². The number of rotatable bonds is 2. The summed E-state index contributed by atoms with van der Waals surface area (Å²) >= 11 is 14.5. The van der Waals surface area contributed by atoms with E-state index < -0.39 is 0 Å². The van der Waals surface area contributed by atoms with Gasteiger partial charge in [0, 0.05) is 9.50 Å². The van der Waals surface area contributed by atoms with E-state index in [1.807, 2.05) is 36.4 Å². The Kier molecular flexibility index (Phi) is 4.29. The molecule has 1 aliphatic rings. The van der Waals surface area contributed by atoms with Crippen molar-refractivity contribution in [3.63, 3.8) is 0 Å². The summed E-state index contributed by atoms with van der Waals surface area (Å²) in [6.45, 7) is 0. The summed E-state index contributed by atoms with van der Waals surface area (Å²) in [6, 6.07) is 14.6. The Hall–Kier alpha value is -1.69. The van der Waals surface area contributed by atoms with Crippen molar-refractivity contribution in [3.8, 4) is 0 Å². The lowest BCUT2D eigenvalue weighted by Crippen LogP contribution is -2.30. The van der Waals surface area contributed by atoms with Crippen LogP contribution in [0.4, 0.5) is 5.69 Å². The van der Waals surface area contributed by atoms with E-state index in [4.69, 9.17) is 23.8 Å². The molecule has 0 spiro atoms. The molecule has 0 unspecified atom stereocenters. The van der Waals surface area contributed by atoms with Crippen molar-refractivity contribution in [2.45, 2.75) is 0 Å². The third-order valence-corrected chi connectivity index (χ3v) is 4.21. The Morgan fingerprint density at radius 3 is 2.36 bits per heavy atom. The molecule has 3 nitrogen and oxygen atoms in total. The number of carbonyl (C=O) groups excluding carboxylic acids is 1. The van der Waals surface area contributed by atoms with Crippen molar-refractivity contribution in [1.82, 2.24) is 5.32 Å². The summed E-state index contributed by atoms with van der Waals surface area (Å²) in [7, 11) is 0. The number of anilines is 1. The smallest absolute Gasteiger partial charge is 0.281 e. The number of hydrogen-bond acceptors (Lipinski definition) is 2. The normalized spacial score (nSPS) is 16.3. The fourth-order valence-corrected chi connectivity index (χ4v) is 2.77. The monoisotopic (exact) mass is 392 g/mol. The zero-order valence-electron chi connectivity index (χ0n) is 11.2. The zero-order chi connectivity index (χ0) is 15.7. The average molecular weight is 394 g/mol. The van der Waals surface area contributed by atoms with Gasteiger partial charge < -0.3 is 5.32 Å². The first-order chi connectivity index (χ1) is 10.5. The number of nitrogens with zero attached hydrogens (tertiary/aromatic N) is 1. The van der Waals surface area contributed by atoms with Gasteiger partial charge in [-0.1, -0.05) is 39.7 Å². The second-order valence-corrected chi connectivity index (χ2v) is 6.40. The highest BCUT2D eigenvalue weighted by atomic mass is 79.9. The maximum absolute atomic E-state index is 12.5. The fourth-order valence-electron chi connectivity index (χ4n) is 2.09. The van der Waals surface area contributed by atoms with Crippen LogP contribution in [0.3, 0.4) is 0 Å². The third kappa shape index (κ3) is 3.06. The van der Waals surface area contributed by atoms with E-state index in [0.29, 0.717) is 15.8 Å². The van der Waals surface area contributed by atoms with E-state index in [2.05, 4.69) is 21.2 Å². The molecule has 1 amide bonds. The Morgan fingerprint density at radius 2 is 1.73 bits per heavy atom. The third-order valence-electron chi connectivity index (χ3n) is 3.14. The number of hydrogen-bond donors (Lipinski definition) is 1. The maximum atomic E-state index is 12.5. The Bertz CT molecular complexity index is 772. The first kappa shape index (κ1) is 15.2. The molecule has 0 aliphatic carbocycles. The van der Waals surface area contributed by atoms with Crippen molar-refractivity contribution in [3.05, 3.63) is 69.3 Å². The Balaban J connectivity index is 1.91. The summed E-state index contributed by atoms with van der Waals surface area (Å²) < 4.78 is 0.943. The number of thiocarbonyl (C=S) groups is 1. The van der Waals surface area contributed by atoms with E-state index in [-0.39, 0.29) is 5.91 Å². The van der Waals surface area contributed by atoms with Gasteiger partial charge in [-0.15, -0.1) is 0 Å². The van der Waals surface area contributed by atoms with Crippen molar-refractivity contribution in [2.24, 2.45) is 0 Å². The molecule has 0 saturated carbocycles. The highest BCUT2D eigenvalue weighted by Gasteiger charge is 2.31. The molecule has 3 rings (SSSR count). The lowest BCUT2D eigenvalue weighted by molar-refractivity contribution is -0.113. The number of carbonyl (C=O) groups is 1. The van der Waals surface area contributed by atoms with E-state index in [1.165, 1.54) is 4.90 Å². The predicted molar refractivity (Wildman–Crippen MR) is 96.8 cm³/mol. The molecule has 1 fully saturated rings. The molecule has 0 aromatic heterocycles. The molecule has 0 bridgehead atoms. The van der Waals surface area contributed by atoms with E-state index in [1.54, 1.807) is 18.2 Å². The SMILES string of the molecule is O=C1/C(=C/c2ccc(Cl)cc2)NC(=S)N1c1ccc(Br)cc1. The Labute approximate surface area is 146 Å². The van der Waals surface area contributed by atoms with Gasteiger partial charge in [0.1, 0.15) is 5.70 Å². The highest BCUT2D eigenvalue weighted by molar-refractivity contribution is 9.10. The predicted octanol–water partition coefficient (Wildman–Crippen LogP) is 4.36. The highest BCUT2D eigenvalue weighted by Crippen LogP contribution is 2.24. The van der Waals surface area contributed by atoms with Gasteiger partial charge in [-0.05, 0) is 60.3 Å². The van der Waals surface area contributed by atoms with Crippen molar-refractivity contribution in [2.75, 3.05) is 4.90 Å². The lowest BCUT2D eigenvalue weighted by atomic mass is 10.2. The quantitative estimate of drug-likeness (QED) is 0.607. The van der Waals surface area contributed by atoms with Crippen LogP contribution in [0.25, 0.3) is 6.08 Å².